The van der Waals surface area contributed by atoms with E-state index in [1.165, 1.54) is 4.57 Å². The predicted octanol–water partition coefficient (Wildman–Crippen LogP) is 3.81. The van der Waals surface area contributed by atoms with Crippen LogP contribution < -0.4 is 10.2 Å². The van der Waals surface area contributed by atoms with Gasteiger partial charge in [0.2, 0.25) is 11.9 Å². The maximum absolute atomic E-state index is 14.1. The zero-order valence-corrected chi connectivity index (χ0v) is 22.6. The summed E-state index contributed by atoms with van der Waals surface area (Å²) in [5.74, 6) is 1.20. The lowest BCUT2D eigenvalue weighted by atomic mass is 9.86. The van der Waals surface area contributed by atoms with Crippen molar-refractivity contribution in [1.29, 1.82) is 0 Å². The number of aromatic nitrogens is 4. The molecule has 1 saturated carbocycles. The van der Waals surface area contributed by atoms with Crippen molar-refractivity contribution >= 4 is 28.7 Å². The van der Waals surface area contributed by atoms with Crippen LogP contribution in [0.5, 0.6) is 0 Å². The minimum Gasteiger partial charge on any atom is -0.381 e. The van der Waals surface area contributed by atoms with Crippen molar-refractivity contribution in [2.45, 2.75) is 50.7 Å². The minimum absolute atomic E-state index is 0.00588. The highest BCUT2D eigenvalue weighted by Gasteiger charge is 2.34. The van der Waals surface area contributed by atoms with Crippen LogP contribution in [0.1, 0.15) is 44.4 Å². The highest BCUT2D eigenvalue weighted by Crippen LogP contribution is 2.31. The van der Waals surface area contributed by atoms with Crippen molar-refractivity contribution in [1.82, 2.24) is 24.4 Å². The second-order valence-electron chi connectivity index (χ2n) is 10.7. The normalized spacial score (nSPS) is 23.8. The number of carbonyl (C=O) groups is 1. The molecular formula is C28H35F2N7O3. The van der Waals surface area contributed by atoms with E-state index in [4.69, 9.17) is 19.4 Å². The van der Waals surface area contributed by atoms with Gasteiger partial charge in [-0.15, -0.1) is 0 Å². The molecule has 12 heteroatoms. The number of halogens is 2. The zero-order valence-electron chi connectivity index (χ0n) is 22.6. The molecule has 3 fully saturated rings. The van der Waals surface area contributed by atoms with Crippen molar-refractivity contribution in [2.75, 3.05) is 56.7 Å². The molecule has 3 aliphatic rings. The Hall–Kier alpha value is -3.38. The lowest BCUT2D eigenvalue weighted by molar-refractivity contribution is -0.136. The summed E-state index contributed by atoms with van der Waals surface area (Å²) in [5, 5.41) is 3.48. The first kappa shape index (κ1) is 26.8. The Kier molecular flexibility index (Phi) is 7.79. The van der Waals surface area contributed by atoms with Crippen LogP contribution >= 0.6 is 0 Å². The third-order valence-corrected chi connectivity index (χ3v) is 8.21. The Morgan fingerprint density at radius 2 is 1.82 bits per heavy atom. The van der Waals surface area contributed by atoms with Gasteiger partial charge in [-0.3, -0.25) is 9.36 Å². The molecule has 214 valence electrons. The molecule has 1 N–H and O–H groups in total. The number of rotatable bonds is 7. The molecule has 1 atom stereocenters. The molecule has 1 aromatic carbocycles. The molecule has 0 spiro atoms. The fraction of sp³-hybridized carbons (Fsp3) is 0.571. The summed E-state index contributed by atoms with van der Waals surface area (Å²) in [7, 11) is 1.73. The van der Waals surface area contributed by atoms with Gasteiger partial charge >= 0.3 is 0 Å². The second-order valence-corrected chi connectivity index (χ2v) is 10.7. The summed E-state index contributed by atoms with van der Waals surface area (Å²) in [6.45, 7) is 3.54. The van der Waals surface area contributed by atoms with E-state index < -0.39 is 6.43 Å². The van der Waals surface area contributed by atoms with Crippen molar-refractivity contribution in [2.24, 2.45) is 5.92 Å². The Labute approximate surface area is 231 Å². The Morgan fingerprint density at radius 3 is 2.58 bits per heavy atom. The van der Waals surface area contributed by atoms with Crippen molar-refractivity contribution in [3.05, 3.63) is 36.2 Å². The van der Waals surface area contributed by atoms with Gasteiger partial charge in [0.1, 0.15) is 11.6 Å². The number of carbonyl (C=O) groups excluding carboxylic acids is 1. The van der Waals surface area contributed by atoms with E-state index in [9.17, 15) is 13.6 Å². The SMILES string of the molecule is COC1CCC(C(=O)N2CC[C@H](Nc3cc(-n4c(C(F)F)nc5ccccc54)nc(N4CCOCC4)n3)C2)CC1. The average Bonchev–Trinajstić information content (AvgIpc) is 3.62. The number of hydrogen-bond donors (Lipinski definition) is 1. The predicted molar refractivity (Wildman–Crippen MR) is 146 cm³/mol. The van der Waals surface area contributed by atoms with Gasteiger partial charge in [0.05, 0.1) is 30.4 Å². The second kappa shape index (κ2) is 11.6. The van der Waals surface area contributed by atoms with Crippen LogP contribution in [0.25, 0.3) is 16.9 Å². The first-order valence-electron chi connectivity index (χ1n) is 14.1. The van der Waals surface area contributed by atoms with Crippen molar-refractivity contribution < 1.29 is 23.0 Å². The summed E-state index contributed by atoms with van der Waals surface area (Å²) in [5.41, 5.74) is 1.03. The van der Waals surface area contributed by atoms with E-state index in [0.717, 1.165) is 32.1 Å². The number of imidazole rings is 1. The van der Waals surface area contributed by atoms with Crippen LogP contribution in [0.4, 0.5) is 20.5 Å². The van der Waals surface area contributed by atoms with Gasteiger partial charge < -0.3 is 24.6 Å². The van der Waals surface area contributed by atoms with Crippen molar-refractivity contribution in [3.8, 4) is 5.82 Å². The topological polar surface area (TPSA) is 97.6 Å². The monoisotopic (exact) mass is 555 g/mol. The van der Waals surface area contributed by atoms with Gasteiger partial charge in [-0.2, -0.15) is 9.97 Å². The quantitative estimate of drug-likeness (QED) is 0.470. The van der Waals surface area contributed by atoms with E-state index >= 15 is 0 Å². The summed E-state index contributed by atoms with van der Waals surface area (Å²) >= 11 is 0. The number of alkyl halides is 2. The largest absolute Gasteiger partial charge is 0.381 e. The number of benzene rings is 1. The summed E-state index contributed by atoms with van der Waals surface area (Å²) in [6.07, 6.45) is 1.80. The number of nitrogens with one attached hydrogen (secondary N) is 1. The van der Waals surface area contributed by atoms with Crippen LogP contribution in [-0.2, 0) is 14.3 Å². The van der Waals surface area contributed by atoms with Gasteiger partial charge in [-0.05, 0) is 44.2 Å². The van der Waals surface area contributed by atoms with Crippen LogP contribution in [0.15, 0.2) is 30.3 Å². The van der Waals surface area contributed by atoms with Crippen LogP contribution in [0.3, 0.4) is 0 Å². The molecule has 2 aromatic heterocycles. The molecule has 6 rings (SSSR count). The molecule has 3 aromatic rings. The maximum atomic E-state index is 14.1. The number of ether oxygens (including phenoxy) is 2. The van der Waals surface area contributed by atoms with E-state index in [1.807, 2.05) is 9.80 Å². The van der Waals surface area contributed by atoms with Gasteiger partial charge in [-0.25, -0.2) is 13.8 Å². The molecule has 10 nitrogen and oxygen atoms in total. The molecule has 2 aliphatic heterocycles. The number of hydrogen-bond acceptors (Lipinski definition) is 8. The van der Waals surface area contributed by atoms with E-state index in [-0.39, 0.29) is 29.8 Å². The molecule has 1 amide bonds. The first-order valence-corrected chi connectivity index (χ1v) is 14.1. The van der Waals surface area contributed by atoms with Crippen molar-refractivity contribution in [3.63, 3.8) is 0 Å². The van der Waals surface area contributed by atoms with Gasteiger partial charge in [0.25, 0.3) is 6.43 Å². The van der Waals surface area contributed by atoms with Crippen LogP contribution in [0.2, 0.25) is 0 Å². The van der Waals surface area contributed by atoms with Gasteiger partial charge in [0, 0.05) is 51.3 Å². The Balaban J connectivity index is 1.26. The number of anilines is 2. The Bertz CT molecular complexity index is 1340. The summed E-state index contributed by atoms with van der Waals surface area (Å²) in [4.78, 5) is 30.8. The first-order chi connectivity index (χ1) is 19.5. The molecule has 0 bridgehead atoms. The van der Waals surface area contributed by atoms with E-state index in [2.05, 4.69) is 10.3 Å². The van der Waals surface area contributed by atoms with Crippen LogP contribution in [0, 0.1) is 5.92 Å². The molecule has 40 heavy (non-hydrogen) atoms. The Morgan fingerprint density at radius 1 is 1.05 bits per heavy atom. The number of morpholine rings is 1. The number of fused-ring (bicyclic) bond motifs is 1. The number of nitrogens with zero attached hydrogens (tertiary/aromatic N) is 6. The fourth-order valence-corrected chi connectivity index (χ4v) is 6.04. The smallest absolute Gasteiger partial charge is 0.296 e. The summed E-state index contributed by atoms with van der Waals surface area (Å²) in [6, 6.07) is 8.74. The van der Waals surface area contributed by atoms with Crippen LogP contribution in [-0.4, -0.2) is 89.0 Å². The molecule has 4 heterocycles. The third kappa shape index (κ3) is 5.46. The van der Waals surface area contributed by atoms with Gasteiger partial charge in [-0.1, -0.05) is 12.1 Å². The maximum Gasteiger partial charge on any atom is 0.296 e. The lowest BCUT2D eigenvalue weighted by Gasteiger charge is -2.30. The minimum atomic E-state index is -2.78. The molecule has 1 aliphatic carbocycles. The number of methoxy groups -OCH3 is 1. The number of para-hydroxylation sites is 2. The number of amides is 1. The third-order valence-electron chi connectivity index (χ3n) is 8.21. The summed E-state index contributed by atoms with van der Waals surface area (Å²) < 4.78 is 40.6. The molecule has 0 radical (unpaired) electrons. The van der Waals surface area contributed by atoms with E-state index in [0.29, 0.717) is 68.0 Å². The highest BCUT2D eigenvalue weighted by atomic mass is 19.3. The molecule has 0 unspecified atom stereocenters. The molecular weight excluding hydrogens is 520 g/mol. The number of likely N-dealkylation sites (tertiary alicyclic amines) is 1. The lowest BCUT2D eigenvalue weighted by Crippen LogP contribution is -2.38. The zero-order chi connectivity index (χ0) is 27.6. The molecule has 2 saturated heterocycles. The average molecular weight is 556 g/mol. The van der Waals surface area contributed by atoms with Gasteiger partial charge in [0.15, 0.2) is 5.82 Å². The van der Waals surface area contributed by atoms with E-state index in [1.54, 1.807) is 37.4 Å². The fourth-order valence-electron chi connectivity index (χ4n) is 6.04. The standard InChI is InChI=1S/C28H35F2N7O3/c1-39-20-8-6-18(7-9-20)27(38)36-11-10-19(17-36)31-23-16-24(34-28(33-23)35-12-14-40-15-13-35)37-22-5-3-2-4-21(22)32-26(37)25(29)30/h2-5,16,18-20,25H,6-15,17H2,1H3,(H,31,33,34)/t18?,19-,20?/m0/s1. The highest BCUT2D eigenvalue weighted by molar-refractivity contribution is 5.79.